The van der Waals surface area contributed by atoms with E-state index in [-0.39, 0.29) is 22.7 Å². The molecule has 0 saturated carbocycles. The van der Waals surface area contributed by atoms with Crippen LogP contribution in [0.3, 0.4) is 0 Å². The van der Waals surface area contributed by atoms with Crippen LogP contribution in [0.15, 0.2) is 59.1 Å². The van der Waals surface area contributed by atoms with Gasteiger partial charge in [-0.3, -0.25) is 9.35 Å². The third-order valence-electron chi connectivity index (χ3n) is 3.09. The van der Waals surface area contributed by atoms with E-state index in [1.165, 1.54) is 30.3 Å². The molecule has 0 atom stereocenters. The Kier molecular flexibility index (Phi) is 5.84. The van der Waals surface area contributed by atoms with Crippen LogP contribution in [-0.4, -0.2) is 24.0 Å². The number of anilines is 2. The fourth-order valence-electron chi connectivity index (χ4n) is 1.86. The number of nitriles is 1. The van der Waals surface area contributed by atoms with Crippen molar-refractivity contribution in [3.63, 3.8) is 0 Å². The van der Waals surface area contributed by atoms with E-state index < -0.39 is 20.9 Å². The Labute approximate surface area is 154 Å². The van der Waals surface area contributed by atoms with Crippen molar-refractivity contribution in [2.24, 2.45) is 0 Å². The highest BCUT2D eigenvalue weighted by molar-refractivity contribution is 7.85. The van der Waals surface area contributed by atoms with Gasteiger partial charge >= 0.3 is 0 Å². The summed E-state index contributed by atoms with van der Waals surface area (Å²) >= 11 is 5.80. The normalized spacial score (nSPS) is 11.5. The average Bonchev–Trinajstić information content (AvgIpc) is 2.58. The Balaban J connectivity index is 2.19. The van der Waals surface area contributed by atoms with Gasteiger partial charge in [0.05, 0.1) is 10.6 Å². The second-order valence-corrected chi connectivity index (χ2v) is 6.79. The second-order valence-electron chi connectivity index (χ2n) is 4.93. The van der Waals surface area contributed by atoms with Crippen molar-refractivity contribution in [1.82, 2.24) is 0 Å². The van der Waals surface area contributed by atoms with Gasteiger partial charge in [-0.25, -0.2) is 0 Å². The van der Waals surface area contributed by atoms with Crippen molar-refractivity contribution in [2.75, 3.05) is 10.6 Å². The average molecular weight is 394 g/mol. The second kappa shape index (κ2) is 7.88. The summed E-state index contributed by atoms with van der Waals surface area (Å²) in [6.07, 6.45) is 1.06. The van der Waals surface area contributed by atoms with E-state index in [4.69, 9.17) is 21.4 Å². The van der Waals surface area contributed by atoms with Gasteiger partial charge in [0.2, 0.25) is 0 Å². The summed E-state index contributed by atoms with van der Waals surface area (Å²) in [7, 11) is -4.43. The van der Waals surface area contributed by atoms with Crippen LogP contribution in [0.25, 0.3) is 0 Å². The molecular weight excluding hydrogens is 382 g/mol. The van der Waals surface area contributed by atoms with Crippen LogP contribution >= 0.6 is 11.6 Å². The van der Waals surface area contributed by atoms with Gasteiger partial charge in [-0.2, -0.15) is 13.7 Å². The van der Waals surface area contributed by atoms with E-state index in [0.29, 0.717) is 5.02 Å². The predicted octanol–water partition coefficient (Wildman–Crippen LogP) is 2.75. The smallest absolute Gasteiger partial charge is 0.294 e. The minimum Gasteiger partial charge on any atom is -0.506 e. The fraction of sp³-hybridized carbons (Fsp3) is 0. The summed E-state index contributed by atoms with van der Waals surface area (Å²) < 4.78 is 31.2. The fourth-order valence-corrected chi connectivity index (χ4v) is 2.55. The lowest BCUT2D eigenvalue weighted by molar-refractivity contribution is -0.112. The van der Waals surface area contributed by atoms with E-state index >= 15 is 0 Å². The van der Waals surface area contributed by atoms with Gasteiger partial charge in [0.15, 0.2) is 0 Å². The zero-order valence-corrected chi connectivity index (χ0v) is 14.5. The Morgan fingerprint density at radius 1 is 1.23 bits per heavy atom. The molecule has 10 heteroatoms. The Morgan fingerprint density at radius 3 is 2.62 bits per heavy atom. The van der Waals surface area contributed by atoms with E-state index in [0.717, 1.165) is 18.3 Å². The van der Waals surface area contributed by atoms with Crippen molar-refractivity contribution in [1.29, 1.82) is 5.26 Å². The molecule has 0 heterocycles. The summed E-state index contributed by atoms with van der Waals surface area (Å²) in [5.74, 6) is -0.960. The molecule has 2 aromatic carbocycles. The Bertz CT molecular complexity index is 1030. The standard InChI is InChI=1S/C16H12ClN3O5S/c17-11-4-5-15(21)14(6-11)19-9-10(8-18)16(22)20-12-2-1-3-13(7-12)26(23,24)25/h1-7,9,19,21H,(H,20,22)(H,23,24,25)/b10-9-. The van der Waals surface area contributed by atoms with Crippen molar-refractivity contribution >= 4 is 39.0 Å². The molecule has 0 saturated heterocycles. The van der Waals surface area contributed by atoms with Gasteiger partial charge in [0.1, 0.15) is 17.4 Å². The molecule has 26 heavy (non-hydrogen) atoms. The van der Waals surface area contributed by atoms with Gasteiger partial charge < -0.3 is 15.7 Å². The number of amides is 1. The van der Waals surface area contributed by atoms with Gasteiger partial charge in [0, 0.05) is 16.9 Å². The van der Waals surface area contributed by atoms with E-state index in [1.54, 1.807) is 6.07 Å². The van der Waals surface area contributed by atoms with Crippen LogP contribution in [-0.2, 0) is 14.9 Å². The highest BCUT2D eigenvalue weighted by Crippen LogP contribution is 2.26. The van der Waals surface area contributed by atoms with Gasteiger partial charge in [-0.15, -0.1) is 0 Å². The molecule has 0 unspecified atom stereocenters. The number of aromatic hydroxyl groups is 1. The van der Waals surface area contributed by atoms with Crippen LogP contribution in [0.1, 0.15) is 0 Å². The van der Waals surface area contributed by atoms with E-state index in [2.05, 4.69) is 10.6 Å². The summed E-state index contributed by atoms with van der Waals surface area (Å²) in [6.45, 7) is 0. The first-order chi connectivity index (χ1) is 12.2. The first-order valence-corrected chi connectivity index (χ1v) is 8.77. The number of nitrogens with zero attached hydrogens (tertiary/aromatic N) is 1. The van der Waals surface area contributed by atoms with Crippen molar-refractivity contribution in [2.45, 2.75) is 4.90 Å². The number of hydrogen-bond acceptors (Lipinski definition) is 6. The predicted molar refractivity (Wildman–Crippen MR) is 95.3 cm³/mol. The number of nitrogens with one attached hydrogen (secondary N) is 2. The lowest BCUT2D eigenvalue weighted by Gasteiger charge is -2.07. The van der Waals surface area contributed by atoms with Crippen molar-refractivity contribution in [3.05, 3.63) is 59.3 Å². The minimum absolute atomic E-state index is 0.0666. The molecule has 0 aliphatic carbocycles. The Hall–Kier alpha value is -3.06. The molecule has 2 aromatic rings. The zero-order chi connectivity index (χ0) is 19.3. The lowest BCUT2D eigenvalue weighted by atomic mass is 10.2. The molecular formula is C16H12ClN3O5S. The maximum atomic E-state index is 12.1. The summed E-state index contributed by atoms with van der Waals surface area (Å²) in [4.78, 5) is 11.7. The molecule has 0 aliphatic rings. The SMILES string of the molecule is N#C/C(=C/Nc1cc(Cl)ccc1O)C(=O)Nc1cccc(S(=O)(=O)O)c1. The van der Waals surface area contributed by atoms with Crippen LogP contribution in [0.2, 0.25) is 5.02 Å². The molecule has 1 amide bonds. The lowest BCUT2D eigenvalue weighted by Crippen LogP contribution is -2.15. The summed E-state index contributed by atoms with van der Waals surface area (Å²) in [5, 5.41) is 24.1. The third-order valence-corrected chi connectivity index (χ3v) is 4.17. The van der Waals surface area contributed by atoms with Crippen LogP contribution in [0.4, 0.5) is 11.4 Å². The van der Waals surface area contributed by atoms with Crippen LogP contribution < -0.4 is 10.6 Å². The molecule has 0 fully saturated rings. The quantitative estimate of drug-likeness (QED) is 0.265. The maximum absolute atomic E-state index is 12.1. The molecule has 2 rings (SSSR count). The number of halogens is 1. The number of hydrogen-bond donors (Lipinski definition) is 4. The first kappa shape index (κ1) is 19.3. The highest BCUT2D eigenvalue weighted by Gasteiger charge is 2.13. The zero-order valence-electron chi connectivity index (χ0n) is 13.0. The van der Waals surface area contributed by atoms with Crippen LogP contribution in [0.5, 0.6) is 5.75 Å². The molecule has 0 bridgehead atoms. The summed E-state index contributed by atoms with van der Waals surface area (Å²) in [5.41, 5.74) is -0.0927. The number of carbonyl (C=O) groups is 1. The number of rotatable bonds is 5. The topological polar surface area (TPSA) is 140 Å². The summed E-state index contributed by atoms with van der Waals surface area (Å²) in [6, 6.07) is 10.8. The van der Waals surface area contributed by atoms with Gasteiger partial charge in [-0.1, -0.05) is 17.7 Å². The first-order valence-electron chi connectivity index (χ1n) is 6.95. The molecule has 0 radical (unpaired) electrons. The number of phenolic OH excluding ortho intramolecular Hbond substituents is 1. The number of phenols is 1. The molecule has 8 nitrogen and oxygen atoms in total. The third kappa shape index (κ3) is 4.97. The van der Waals surface area contributed by atoms with Crippen LogP contribution in [0, 0.1) is 11.3 Å². The molecule has 0 aromatic heterocycles. The molecule has 0 aliphatic heterocycles. The largest absolute Gasteiger partial charge is 0.506 e. The Morgan fingerprint density at radius 2 is 1.96 bits per heavy atom. The van der Waals surface area contributed by atoms with Gasteiger partial charge in [-0.05, 0) is 36.4 Å². The maximum Gasteiger partial charge on any atom is 0.294 e. The molecule has 134 valence electrons. The van der Waals surface area contributed by atoms with Gasteiger partial charge in [0.25, 0.3) is 16.0 Å². The minimum atomic E-state index is -4.43. The number of carbonyl (C=O) groups excluding carboxylic acids is 1. The van der Waals surface area contributed by atoms with Crippen molar-refractivity contribution < 1.29 is 22.9 Å². The van der Waals surface area contributed by atoms with Crippen molar-refractivity contribution in [3.8, 4) is 11.8 Å². The highest BCUT2D eigenvalue weighted by atomic mass is 35.5. The molecule has 4 N–H and O–H groups in total. The van der Waals surface area contributed by atoms with E-state index in [9.17, 15) is 18.3 Å². The number of benzene rings is 2. The molecule has 0 spiro atoms. The monoisotopic (exact) mass is 393 g/mol. The van der Waals surface area contributed by atoms with E-state index in [1.807, 2.05) is 0 Å².